The van der Waals surface area contributed by atoms with Crippen molar-refractivity contribution in [2.24, 2.45) is 0 Å². The predicted molar refractivity (Wildman–Crippen MR) is 91.9 cm³/mol. The fourth-order valence-electron chi connectivity index (χ4n) is 2.63. The van der Waals surface area contributed by atoms with Gasteiger partial charge in [-0.25, -0.2) is 0 Å². The van der Waals surface area contributed by atoms with Gasteiger partial charge in [0.2, 0.25) is 0 Å². The molecule has 0 bridgehead atoms. The van der Waals surface area contributed by atoms with E-state index in [0.29, 0.717) is 6.04 Å². The van der Waals surface area contributed by atoms with Gasteiger partial charge >= 0.3 is 0 Å². The van der Waals surface area contributed by atoms with Crippen LogP contribution < -0.4 is 10.2 Å². The van der Waals surface area contributed by atoms with Crippen LogP contribution in [0.1, 0.15) is 37.3 Å². The molecule has 1 aromatic rings. The van der Waals surface area contributed by atoms with Gasteiger partial charge in [0.15, 0.2) is 0 Å². The number of nitrogens with zero attached hydrogens (tertiary/aromatic N) is 1. The molecule has 0 saturated heterocycles. The maximum absolute atomic E-state index is 3.65. The van der Waals surface area contributed by atoms with E-state index in [9.17, 15) is 0 Å². The Morgan fingerprint density at radius 2 is 2.15 bits per heavy atom. The van der Waals surface area contributed by atoms with E-state index in [-0.39, 0.29) is 0 Å². The number of rotatable bonds is 8. The van der Waals surface area contributed by atoms with E-state index in [1.165, 1.54) is 41.8 Å². The van der Waals surface area contributed by atoms with E-state index in [4.69, 9.17) is 0 Å². The lowest BCUT2D eigenvalue weighted by Crippen LogP contribution is -2.34. The van der Waals surface area contributed by atoms with Gasteiger partial charge in [-0.1, -0.05) is 24.6 Å². The lowest BCUT2D eigenvalue weighted by molar-refractivity contribution is 0.655. The van der Waals surface area contributed by atoms with E-state index < -0.39 is 0 Å². The molecule has 3 heteroatoms. The highest BCUT2D eigenvalue weighted by molar-refractivity contribution is 7.98. The van der Waals surface area contributed by atoms with Gasteiger partial charge in [0, 0.05) is 37.1 Å². The molecule has 0 heterocycles. The zero-order chi connectivity index (χ0) is 14.5. The van der Waals surface area contributed by atoms with E-state index in [1.807, 2.05) is 11.8 Å². The number of aryl methyl sites for hydroxylation is 1. The molecule has 1 unspecified atom stereocenters. The van der Waals surface area contributed by atoms with Crippen molar-refractivity contribution in [3.63, 3.8) is 0 Å². The standard InChI is InChI=1S/C17H28N2S/c1-5-16(12-20-4)19(3)17-9-6-13(2)10-14(17)11-18-15-7-8-15/h6,9-10,15-16,18H,5,7-8,11-12H2,1-4H3. The molecule has 0 radical (unpaired) electrons. The van der Waals surface area contributed by atoms with Gasteiger partial charge in [-0.05, 0) is 44.1 Å². The molecular formula is C17H28N2S. The van der Waals surface area contributed by atoms with Crippen molar-refractivity contribution in [2.75, 3.05) is 24.0 Å². The van der Waals surface area contributed by atoms with Crippen molar-refractivity contribution in [3.8, 4) is 0 Å². The summed E-state index contributed by atoms with van der Waals surface area (Å²) in [5.41, 5.74) is 4.19. The van der Waals surface area contributed by atoms with Gasteiger partial charge in [-0.3, -0.25) is 0 Å². The first kappa shape index (κ1) is 15.7. The van der Waals surface area contributed by atoms with Crippen molar-refractivity contribution < 1.29 is 0 Å². The van der Waals surface area contributed by atoms with Gasteiger partial charge in [-0.2, -0.15) is 11.8 Å². The summed E-state index contributed by atoms with van der Waals surface area (Å²) in [5.74, 6) is 1.19. The molecular weight excluding hydrogens is 264 g/mol. The summed E-state index contributed by atoms with van der Waals surface area (Å²) < 4.78 is 0. The molecule has 0 aliphatic heterocycles. The molecule has 1 aliphatic carbocycles. The highest BCUT2D eigenvalue weighted by atomic mass is 32.2. The van der Waals surface area contributed by atoms with Crippen molar-refractivity contribution in [2.45, 2.75) is 51.7 Å². The monoisotopic (exact) mass is 292 g/mol. The number of nitrogens with one attached hydrogen (secondary N) is 1. The normalized spacial score (nSPS) is 16.2. The third-order valence-corrected chi connectivity index (χ3v) is 4.87. The van der Waals surface area contributed by atoms with Crippen LogP contribution in [0.2, 0.25) is 0 Å². The Balaban J connectivity index is 2.14. The van der Waals surface area contributed by atoms with Gasteiger partial charge in [0.05, 0.1) is 0 Å². The Morgan fingerprint density at radius 3 is 2.75 bits per heavy atom. The Labute approximate surface area is 128 Å². The van der Waals surface area contributed by atoms with Gasteiger partial charge in [0.25, 0.3) is 0 Å². The van der Waals surface area contributed by atoms with E-state index in [2.05, 4.69) is 55.6 Å². The largest absolute Gasteiger partial charge is 0.371 e. The molecule has 1 fully saturated rings. The third-order valence-electron chi connectivity index (χ3n) is 4.15. The summed E-state index contributed by atoms with van der Waals surface area (Å²) in [4.78, 5) is 2.47. The second-order valence-electron chi connectivity index (χ2n) is 5.92. The Kier molecular flexibility index (Phi) is 5.79. The van der Waals surface area contributed by atoms with Crippen LogP contribution in [0.15, 0.2) is 18.2 Å². The number of anilines is 1. The maximum atomic E-state index is 3.65. The average Bonchev–Trinajstić information content (AvgIpc) is 3.26. The van der Waals surface area contributed by atoms with E-state index >= 15 is 0 Å². The first-order valence-corrected chi connectivity index (χ1v) is 9.09. The minimum atomic E-state index is 0.618. The summed E-state index contributed by atoms with van der Waals surface area (Å²) >= 11 is 1.94. The van der Waals surface area contributed by atoms with Crippen molar-refractivity contribution in [1.29, 1.82) is 0 Å². The van der Waals surface area contributed by atoms with Crippen LogP contribution in [0.5, 0.6) is 0 Å². The molecule has 1 saturated carbocycles. The topological polar surface area (TPSA) is 15.3 Å². The third kappa shape index (κ3) is 4.16. The van der Waals surface area contributed by atoms with Gasteiger partial charge < -0.3 is 10.2 Å². The van der Waals surface area contributed by atoms with Crippen LogP contribution in [0.4, 0.5) is 5.69 Å². The maximum Gasteiger partial charge on any atom is 0.0412 e. The second kappa shape index (κ2) is 7.37. The molecule has 0 aromatic heterocycles. The Morgan fingerprint density at radius 1 is 1.40 bits per heavy atom. The zero-order valence-corrected chi connectivity index (χ0v) is 14.1. The summed E-state index contributed by atoms with van der Waals surface area (Å²) in [6, 6.07) is 8.25. The van der Waals surface area contributed by atoms with Crippen molar-refractivity contribution >= 4 is 17.4 Å². The highest BCUT2D eigenvalue weighted by Gasteiger charge is 2.21. The first-order chi connectivity index (χ1) is 9.65. The minimum absolute atomic E-state index is 0.618. The van der Waals surface area contributed by atoms with Crippen LogP contribution >= 0.6 is 11.8 Å². The fraction of sp³-hybridized carbons (Fsp3) is 0.647. The molecule has 1 aliphatic rings. The lowest BCUT2D eigenvalue weighted by Gasteiger charge is -2.31. The molecule has 112 valence electrons. The Bertz CT molecular complexity index is 429. The van der Waals surface area contributed by atoms with Gasteiger partial charge in [-0.15, -0.1) is 0 Å². The molecule has 2 nitrogen and oxygen atoms in total. The highest BCUT2D eigenvalue weighted by Crippen LogP contribution is 2.26. The van der Waals surface area contributed by atoms with Crippen molar-refractivity contribution in [3.05, 3.63) is 29.3 Å². The smallest absolute Gasteiger partial charge is 0.0412 e. The fourth-order valence-corrected chi connectivity index (χ4v) is 3.48. The lowest BCUT2D eigenvalue weighted by atomic mass is 10.1. The van der Waals surface area contributed by atoms with Crippen LogP contribution in [0.25, 0.3) is 0 Å². The van der Waals surface area contributed by atoms with E-state index in [0.717, 1.165) is 12.6 Å². The number of benzene rings is 1. The average molecular weight is 292 g/mol. The second-order valence-corrected chi connectivity index (χ2v) is 6.83. The zero-order valence-electron chi connectivity index (χ0n) is 13.3. The Hall–Kier alpha value is -0.670. The van der Waals surface area contributed by atoms with Crippen LogP contribution in [-0.2, 0) is 6.54 Å². The van der Waals surface area contributed by atoms with Crippen LogP contribution in [-0.4, -0.2) is 31.1 Å². The molecule has 0 amide bonds. The van der Waals surface area contributed by atoms with Gasteiger partial charge in [0.1, 0.15) is 0 Å². The molecule has 1 N–H and O–H groups in total. The molecule has 2 rings (SSSR count). The summed E-state index contributed by atoms with van der Waals surface area (Å²) in [6.07, 6.45) is 6.09. The molecule has 20 heavy (non-hydrogen) atoms. The molecule has 0 spiro atoms. The van der Waals surface area contributed by atoms with Crippen LogP contribution in [0.3, 0.4) is 0 Å². The molecule has 1 aromatic carbocycles. The summed E-state index contributed by atoms with van der Waals surface area (Å²) in [6.45, 7) is 5.47. The number of hydrogen-bond acceptors (Lipinski definition) is 3. The number of hydrogen-bond donors (Lipinski definition) is 1. The summed E-state index contributed by atoms with van der Waals surface area (Å²) in [5, 5.41) is 3.65. The minimum Gasteiger partial charge on any atom is -0.371 e. The van der Waals surface area contributed by atoms with Crippen molar-refractivity contribution in [1.82, 2.24) is 5.32 Å². The van der Waals surface area contributed by atoms with Crippen LogP contribution in [0, 0.1) is 6.92 Å². The van der Waals surface area contributed by atoms with E-state index in [1.54, 1.807) is 0 Å². The predicted octanol–water partition coefficient (Wildman–Crippen LogP) is 3.82. The quantitative estimate of drug-likeness (QED) is 0.784. The SMILES string of the molecule is CCC(CSC)N(C)c1ccc(C)cc1CNC1CC1. The molecule has 1 atom stereocenters. The first-order valence-electron chi connectivity index (χ1n) is 7.70. The summed E-state index contributed by atoms with van der Waals surface area (Å²) in [7, 11) is 2.25. The number of thioether (sulfide) groups is 1.